The lowest BCUT2D eigenvalue weighted by Gasteiger charge is -2.11. The zero-order chi connectivity index (χ0) is 19.8. The Hall–Kier alpha value is -2.86. The van der Waals surface area contributed by atoms with E-state index in [0.717, 1.165) is 0 Å². The van der Waals surface area contributed by atoms with E-state index in [1.165, 1.54) is 6.07 Å². The van der Waals surface area contributed by atoms with E-state index in [1.54, 1.807) is 43.3 Å². The summed E-state index contributed by atoms with van der Waals surface area (Å²) in [6.07, 6.45) is 0.301. The average molecular weight is 389 g/mol. The molecule has 27 heavy (non-hydrogen) atoms. The topological polar surface area (TPSA) is 84.5 Å². The van der Waals surface area contributed by atoms with E-state index in [1.807, 2.05) is 6.92 Å². The Kier molecular flexibility index (Phi) is 7.37. The van der Waals surface area contributed by atoms with Gasteiger partial charge in [-0.2, -0.15) is 0 Å². The van der Waals surface area contributed by atoms with Crippen LogP contribution < -0.4 is 15.4 Å². The number of hydrogen-bond donors (Lipinski definition) is 2. The SMILES string of the molecule is CCNC(=O)c1cccc(NC(=O)COc2ccc(Cl)cc2C(=O)CC)c1. The van der Waals surface area contributed by atoms with Crippen LogP contribution in [-0.2, 0) is 4.79 Å². The number of carbonyl (C=O) groups excluding carboxylic acids is 3. The molecule has 142 valence electrons. The van der Waals surface area contributed by atoms with Gasteiger partial charge in [-0.15, -0.1) is 0 Å². The van der Waals surface area contributed by atoms with Gasteiger partial charge in [-0.3, -0.25) is 14.4 Å². The predicted octanol–water partition coefficient (Wildman–Crippen LogP) is 3.70. The molecule has 2 aromatic carbocycles. The van der Waals surface area contributed by atoms with E-state index in [0.29, 0.717) is 40.6 Å². The molecular formula is C20H21ClN2O4. The van der Waals surface area contributed by atoms with Gasteiger partial charge in [0.2, 0.25) is 0 Å². The zero-order valence-corrected chi connectivity index (χ0v) is 15.9. The number of hydrogen-bond acceptors (Lipinski definition) is 4. The highest BCUT2D eigenvalue weighted by atomic mass is 35.5. The fraction of sp³-hybridized carbons (Fsp3) is 0.250. The Labute approximate surface area is 162 Å². The quantitative estimate of drug-likeness (QED) is 0.675. The van der Waals surface area contributed by atoms with Gasteiger partial charge in [-0.25, -0.2) is 0 Å². The van der Waals surface area contributed by atoms with E-state index in [4.69, 9.17) is 16.3 Å². The standard InChI is InChI=1S/C20H21ClN2O4/c1-3-17(24)16-11-14(21)8-9-18(16)27-12-19(25)23-15-7-5-6-13(10-15)20(26)22-4-2/h5-11H,3-4,12H2,1-2H3,(H,22,26)(H,23,25). The highest BCUT2D eigenvalue weighted by Gasteiger charge is 2.14. The van der Waals surface area contributed by atoms with Gasteiger partial charge < -0.3 is 15.4 Å². The minimum atomic E-state index is -0.409. The lowest BCUT2D eigenvalue weighted by molar-refractivity contribution is -0.118. The second kappa shape index (κ2) is 9.73. The molecule has 2 rings (SSSR count). The number of carbonyl (C=O) groups is 3. The van der Waals surface area contributed by atoms with Gasteiger partial charge >= 0.3 is 0 Å². The summed E-state index contributed by atoms with van der Waals surface area (Å²) in [7, 11) is 0. The van der Waals surface area contributed by atoms with Crippen LogP contribution in [0.15, 0.2) is 42.5 Å². The Morgan fingerprint density at radius 2 is 1.85 bits per heavy atom. The third kappa shape index (κ3) is 5.82. The lowest BCUT2D eigenvalue weighted by Crippen LogP contribution is -2.23. The van der Waals surface area contributed by atoms with Gasteiger partial charge in [0.15, 0.2) is 12.4 Å². The molecule has 2 amide bonds. The van der Waals surface area contributed by atoms with Crippen molar-refractivity contribution in [2.75, 3.05) is 18.5 Å². The first kappa shape index (κ1) is 20.5. The molecule has 0 bridgehead atoms. The first-order valence-corrected chi connectivity index (χ1v) is 8.96. The summed E-state index contributed by atoms with van der Waals surface area (Å²) in [4.78, 5) is 36.0. The largest absolute Gasteiger partial charge is 0.483 e. The molecule has 6 nitrogen and oxygen atoms in total. The Morgan fingerprint density at radius 1 is 1.07 bits per heavy atom. The molecule has 0 atom stereocenters. The van der Waals surface area contributed by atoms with Crippen LogP contribution >= 0.6 is 11.6 Å². The number of Topliss-reactive ketones (excluding diaryl/α,β-unsaturated/α-hetero) is 1. The van der Waals surface area contributed by atoms with Crippen LogP contribution in [0.3, 0.4) is 0 Å². The van der Waals surface area contributed by atoms with Crippen LogP contribution in [0.5, 0.6) is 5.75 Å². The van der Waals surface area contributed by atoms with Crippen molar-refractivity contribution in [3.05, 3.63) is 58.6 Å². The summed E-state index contributed by atoms with van der Waals surface area (Å²) in [6, 6.07) is 11.3. The van der Waals surface area contributed by atoms with Gasteiger partial charge in [0.05, 0.1) is 5.56 Å². The minimum absolute atomic E-state index is 0.123. The van der Waals surface area contributed by atoms with Crippen molar-refractivity contribution in [2.24, 2.45) is 0 Å². The Bertz CT molecular complexity index is 852. The monoisotopic (exact) mass is 388 g/mol. The van der Waals surface area contributed by atoms with Gasteiger partial charge in [0.25, 0.3) is 11.8 Å². The van der Waals surface area contributed by atoms with E-state index in [2.05, 4.69) is 10.6 Å². The number of halogens is 1. The normalized spacial score (nSPS) is 10.2. The highest BCUT2D eigenvalue weighted by molar-refractivity contribution is 6.31. The first-order valence-electron chi connectivity index (χ1n) is 8.58. The number of rotatable bonds is 8. The smallest absolute Gasteiger partial charge is 0.262 e. The first-order chi connectivity index (χ1) is 12.9. The molecule has 7 heteroatoms. The van der Waals surface area contributed by atoms with Crippen molar-refractivity contribution in [1.82, 2.24) is 5.32 Å². The minimum Gasteiger partial charge on any atom is -0.483 e. The molecule has 0 saturated carbocycles. The summed E-state index contributed by atoms with van der Waals surface area (Å²) in [5, 5.41) is 5.79. The van der Waals surface area contributed by atoms with Crippen molar-refractivity contribution in [1.29, 1.82) is 0 Å². The molecule has 0 unspecified atom stereocenters. The van der Waals surface area contributed by atoms with Crippen LogP contribution in [0.1, 0.15) is 41.0 Å². The van der Waals surface area contributed by atoms with Crippen molar-refractivity contribution in [3.8, 4) is 5.75 Å². The molecule has 0 saturated heterocycles. The summed E-state index contributed by atoms with van der Waals surface area (Å²) >= 11 is 5.93. The molecule has 0 aliphatic heterocycles. The maximum atomic E-state index is 12.2. The highest BCUT2D eigenvalue weighted by Crippen LogP contribution is 2.24. The number of ether oxygens (including phenoxy) is 1. The molecule has 0 aliphatic carbocycles. The molecule has 0 radical (unpaired) electrons. The number of anilines is 1. The van der Waals surface area contributed by atoms with E-state index < -0.39 is 5.91 Å². The summed E-state index contributed by atoms with van der Waals surface area (Å²) < 4.78 is 5.49. The second-order valence-corrected chi connectivity index (χ2v) is 6.13. The third-order valence-electron chi connectivity index (χ3n) is 3.67. The van der Waals surface area contributed by atoms with Crippen LogP contribution in [0, 0.1) is 0 Å². The van der Waals surface area contributed by atoms with Crippen molar-refractivity contribution >= 4 is 34.9 Å². The van der Waals surface area contributed by atoms with Crippen LogP contribution in [0.2, 0.25) is 5.02 Å². The molecule has 2 N–H and O–H groups in total. The second-order valence-electron chi connectivity index (χ2n) is 5.69. The molecule has 0 aromatic heterocycles. The van der Waals surface area contributed by atoms with Crippen molar-refractivity contribution in [2.45, 2.75) is 20.3 Å². The van der Waals surface area contributed by atoms with Crippen molar-refractivity contribution < 1.29 is 19.1 Å². The maximum absolute atomic E-state index is 12.2. The maximum Gasteiger partial charge on any atom is 0.262 e. The third-order valence-corrected chi connectivity index (χ3v) is 3.90. The fourth-order valence-corrected chi connectivity index (χ4v) is 2.55. The summed E-state index contributed by atoms with van der Waals surface area (Å²) in [6.45, 7) is 3.80. The van der Waals surface area contributed by atoms with Gasteiger partial charge in [-0.1, -0.05) is 24.6 Å². The Balaban J connectivity index is 2.02. The lowest BCUT2D eigenvalue weighted by atomic mass is 10.1. The van der Waals surface area contributed by atoms with E-state index >= 15 is 0 Å². The zero-order valence-electron chi connectivity index (χ0n) is 15.2. The average Bonchev–Trinajstić information content (AvgIpc) is 2.66. The van der Waals surface area contributed by atoms with E-state index in [9.17, 15) is 14.4 Å². The molecule has 0 heterocycles. The van der Waals surface area contributed by atoms with E-state index in [-0.39, 0.29) is 18.3 Å². The summed E-state index contributed by atoms with van der Waals surface area (Å²) in [5.41, 5.74) is 1.27. The molecule has 2 aromatic rings. The van der Waals surface area contributed by atoms with Gasteiger partial charge in [0.1, 0.15) is 5.75 Å². The number of amides is 2. The predicted molar refractivity (Wildman–Crippen MR) is 105 cm³/mol. The number of nitrogens with one attached hydrogen (secondary N) is 2. The molecule has 0 fully saturated rings. The molecule has 0 spiro atoms. The Morgan fingerprint density at radius 3 is 2.56 bits per heavy atom. The number of benzene rings is 2. The fourth-order valence-electron chi connectivity index (χ4n) is 2.38. The van der Waals surface area contributed by atoms with Gasteiger partial charge in [-0.05, 0) is 43.3 Å². The summed E-state index contributed by atoms with van der Waals surface area (Å²) in [5.74, 6) is -0.443. The van der Waals surface area contributed by atoms with Gasteiger partial charge in [0, 0.05) is 29.2 Å². The molecule has 0 aliphatic rings. The van der Waals surface area contributed by atoms with Crippen LogP contribution in [0.4, 0.5) is 5.69 Å². The molecular weight excluding hydrogens is 368 g/mol. The number of ketones is 1. The van der Waals surface area contributed by atoms with Crippen LogP contribution in [0.25, 0.3) is 0 Å². The van der Waals surface area contributed by atoms with Crippen LogP contribution in [-0.4, -0.2) is 30.7 Å². The van der Waals surface area contributed by atoms with Crippen molar-refractivity contribution in [3.63, 3.8) is 0 Å².